The number of rotatable bonds is 3. The van der Waals surface area contributed by atoms with Gasteiger partial charge in [-0.05, 0) is 29.0 Å². The molecule has 1 fully saturated rings. The first kappa shape index (κ1) is 19.1. The van der Waals surface area contributed by atoms with E-state index in [0.29, 0.717) is 18.7 Å². The number of amides is 1. The number of sulfonamides is 1. The highest BCUT2D eigenvalue weighted by Crippen LogP contribution is 2.23. The maximum atomic E-state index is 13.1. The zero-order chi connectivity index (χ0) is 20.4. The summed E-state index contributed by atoms with van der Waals surface area (Å²) in [6.07, 6.45) is 0. The molecule has 0 atom stereocenters. The van der Waals surface area contributed by atoms with Crippen LogP contribution in [-0.2, 0) is 10.0 Å². The lowest BCUT2D eigenvalue weighted by Gasteiger charge is -2.34. The van der Waals surface area contributed by atoms with Gasteiger partial charge in [-0.25, -0.2) is 8.42 Å². The third kappa shape index (κ3) is 3.48. The molecule has 1 amide bonds. The van der Waals surface area contributed by atoms with Gasteiger partial charge >= 0.3 is 0 Å². The first-order valence-corrected chi connectivity index (χ1v) is 10.7. The zero-order valence-electron chi connectivity index (χ0n) is 15.7. The highest BCUT2D eigenvalue weighted by atomic mass is 32.2. The van der Waals surface area contributed by atoms with Gasteiger partial charge in [-0.2, -0.15) is 9.57 Å². The van der Waals surface area contributed by atoms with E-state index in [0.717, 1.165) is 10.8 Å². The van der Waals surface area contributed by atoms with Gasteiger partial charge in [0.15, 0.2) is 0 Å². The fourth-order valence-electron chi connectivity index (χ4n) is 3.64. The van der Waals surface area contributed by atoms with Crippen LogP contribution in [-0.4, -0.2) is 49.7 Å². The Morgan fingerprint density at radius 1 is 0.862 bits per heavy atom. The fourth-order valence-corrected chi connectivity index (χ4v) is 5.20. The Labute approximate surface area is 169 Å². The number of fused-ring (bicyclic) bond motifs is 1. The molecule has 4 rings (SSSR count). The van der Waals surface area contributed by atoms with Crippen LogP contribution >= 0.6 is 0 Å². The molecule has 1 aliphatic rings. The van der Waals surface area contributed by atoms with E-state index in [1.807, 2.05) is 42.5 Å². The Morgan fingerprint density at radius 3 is 2.28 bits per heavy atom. The number of hydrogen-bond acceptors (Lipinski definition) is 4. The minimum absolute atomic E-state index is 0.0105. The van der Waals surface area contributed by atoms with Gasteiger partial charge in [0.25, 0.3) is 5.91 Å². The molecule has 0 aliphatic carbocycles. The Morgan fingerprint density at radius 2 is 1.52 bits per heavy atom. The van der Waals surface area contributed by atoms with Gasteiger partial charge in [0, 0.05) is 31.7 Å². The molecule has 0 spiro atoms. The van der Waals surface area contributed by atoms with E-state index in [9.17, 15) is 18.5 Å². The van der Waals surface area contributed by atoms with Crippen LogP contribution in [0.5, 0.6) is 0 Å². The normalized spacial score (nSPS) is 15.2. The van der Waals surface area contributed by atoms with Crippen molar-refractivity contribution in [1.29, 1.82) is 5.26 Å². The number of nitriles is 1. The lowest BCUT2D eigenvalue weighted by atomic mass is 10.0. The van der Waals surface area contributed by atoms with Crippen molar-refractivity contribution in [2.75, 3.05) is 26.2 Å². The van der Waals surface area contributed by atoms with Crippen LogP contribution in [0.15, 0.2) is 71.6 Å². The highest BCUT2D eigenvalue weighted by molar-refractivity contribution is 7.89. The van der Waals surface area contributed by atoms with E-state index in [2.05, 4.69) is 0 Å². The van der Waals surface area contributed by atoms with Crippen molar-refractivity contribution < 1.29 is 13.2 Å². The molecule has 6 nitrogen and oxygen atoms in total. The smallest absolute Gasteiger partial charge is 0.254 e. The molecule has 0 unspecified atom stereocenters. The van der Waals surface area contributed by atoms with E-state index < -0.39 is 10.0 Å². The maximum Gasteiger partial charge on any atom is 0.254 e. The molecule has 1 heterocycles. The van der Waals surface area contributed by atoms with Gasteiger partial charge in [0.1, 0.15) is 6.07 Å². The third-order valence-corrected chi connectivity index (χ3v) is 7.13. The lowest BCUT2D eigenvalue weighted by Crippen LogP contribution is -2.50. The number of carbonyl (C=O) groups excluding carboxylic acids is 1. The van der Waals surface area contributed by atoms with Crippen LogP contribution < -0.4 is 0 Å². The molecular formula is C22H19N3O3S. The predicted molar refractivity (Wildman–Crippen MR) is 110 cm³/mol. The Kier molecular flexibility index (Phi) is 5.05. The summed E-state index contributed by atoms with van der Waals surface area (Å²) in [6, 6.07) is 21.4. The molecule has 7 heteroatoms. The van der Waals surface area contributed by atoms with Crippen molar-refractivity contribution in [1.82, 2.24) is 9.21 Å². The van der Waals surface area contributed by atoms with Crippen LogP contribution in [0.4, 0.5) is 0 Å². The van der Waals surface area contributed by atoms with Crippen molar-refractivity contribution in [2.24, 2.45) is 0 Å². The minimum atomic E-state index is -3.78. The Bertz CT molecular complexity index is 1220. The Hall–Kier alpha value is -3.21. The van der Waals surface area contributed by atoms with E-state index in [1.165, 1.54) is 16.4 Å². The fraction of sp³-hybridized carbons (Fsp3) is 0.182. The summed E-state index contributed by atoms with van der Waals surface area (Å²) < 4.78 is 27.3. The first-order chi connectivity index (χ1) is 14.0. The molecule has 146 valence electrons. The maximum absolute atomic E-state index is 13.1. The minimum Gasteiger partial charge on any atom is -0.336 e. The summed E-state index contributed by atoms with van der Waals surface area (Å²) in [4.78, 5) is 14.8. The summed E-state index contributed by atoms with van der Waals surface area (Å²) in [6.45, 7) is 0.989. The topological polar surface area (TPSA) is 81.5 Å². The predicted octanol–water partition coefficient (Wildman–Crippen LogP) is 2.86. The van der Waals surface area contributed by atoms with Crippen molar-refractivity contribution in [3.63, 3.8) is 0 Å². The number of hydrogen-bond donors (Lipinski definition) is 0. The molecule has 0 bridgehead atoms. The molecular weight excluding hydrogens is 386 g/mol. The van der Waals surface area contributed by atoms with Crippen molar-refractivity contribution in [2.45, 2.75) is 4.90 Å². The molecule has 0 aromatic heterocycles. The lowest BCUT2D eigenvalue weighted by molar-refractivity contribution is 0.0700. The van der Waals surface area contributed by atoms with Gasteiger partial charge in [0.2, 0.25) is 10.0 Å². The van der Waals surface area contributed by atoms with Crippen LogP contribution in [0, 0.1) is 11.3 Å². The van der Waals surface area contributed by atoms with Crippen LogP contribution in [0.3, 0.4) is 0 Å². The van der Waals surface area contributed by atoms with E-state index in [1.54, 1.807) is 23.1 Å². The van der Waals surface area contributed by atoms with Gasteiger partial charge in [0.05, 0.1) is 10.5 Å². The number of piperazine rings is 1. The van der Waals surface area contributed by atoms with Gasteiger partial charge in [-0.3, -0.25) is 4.79 Å². The largest absolute Gasteiger partial charge is 0.336 e. The second kappa shape index (κ2) is 7.66. The summed E-state index contributed by atoms with van der Waals surface area (Å²) in [5.41, 5.74) is 0.746. The zero-order valence-corrected chi connectivity index (χ0v) is 16.5. The second-order valence-electron chi connectivity index (χ2n) is 6.83. The standard InChI is InChI=1S/C22H19N3O3S/c23-16-18-7-2-4-11-21(18)29(27,28)25-14-12-24(13-15-25)22(26)20-10-5-8-17-6-1-3-9-19(17)20/h1-11H,12-15H2. The molecule has 0 radical (unpaired) electrons. The van der Waals surface area contributed by atoms with Crippen LogP contribution in [0.25, 0.3) is 10.8 Å². The SMILES string of the molecule is N#Cc1ccccc1S(=O)(=O)N1CCN(C(=O)c2cccc3ccccc23)CC1. The van der Waals surface area contributed by atoms with Crippen molar-refractivity contribution in [3.8, 4) is 6.07 Å². The molecule has 1 aliphatic heterocycles. The van der Waals surface area contributed by atoms with Crippen molar-refractivity contribution in [3.05, 3.63) is 77.9 Å². The summed E-state index contributed by atoms with van der Waals surface area (Å²) in [7, 11) is -3.78. The van der Waals surface area contributed by atoms with Gasteiger partial charge < -0.3 is 4.90 Å². The quantitative estimate of drug-likeness (QED) is 0.671. The molecule has 29 heavy (non-hydrogen) atoms. The van der Waals surface area contributed by atoms with Crippen molar-refractivity contribution >= 4 is 26.7 Å². The summed E-state index contributed by atoms with van der Waals surface area (Å²) in [5, 5.41) is 11.1. The average molecular weight is 405 g/mol. The van der Waals surface area contributed by atoms with Crippen LogP contribution in [0.2, 0.25) is 0 Å². The van der Waals surface area contributed by atoms with E-state index >= 15 is 0 Å². The third-order valence-electron chi connectivity index (χ3n) is 5.17. The molecule has 0 N–H and O–H groups in total. The van der Waals surface area contributed by atoms with Gasteiger partial charge in [-0.1, -0.05) is 48.5 Å². The van der Waals surface area contributed by atoms with Crippen LogP contribution in [0.1, 0.15) is 15.9 Å². The highest BCUT2D eigenvalue weighted by Gasteiger charge is 2.32. The number of nitrogens with zero attached hydrogens (tertiary/aromatic N) is 3. The van der Waals surface area contributed by atoms with E-state index in [-0.39, 0.29) is 29.5 Å². The number of benzene rings is 3. The summed E-state index contributed by atoms with van der Waals surface area (Å²) in [5.74, 6) is -0.101. The molecule has 3 aromatic rings. The summed E-state index contributed by atoms with van der Waals surface area (Å²) >= 11 is 0. The van der Waals surface area contributed by atoms with Gasteiger partial charge in [-0.15, -0.1) is 0 Å². The van der Waals surface area contributed by atoms with E-state index in [4.69, 9.17) is 0 Å². The molecule has 3 aromatic carbocycles. The number of carbonyl (C=O) groups is 1. The first-order valence-electron chi connectivity index (χ1n) is 9.28. The Balaban J connectivity index is 1.54. The monoisotopic (exact) mass is 405 g/mol. The average Bonchev–Trinajstić information content (AvgIpc) is 2.78. The molecule has 0 saturated carbocycles. The second-order valence-corrected chi connectivity index (χ2v) is 8.74. The molecule has 1 saturated heterocycles.